The van der Waals surface area contributed by atoms with Gasteiger partial charge in [-0.2, -0.15) is 0 Å². The molecule has 0 aliphatic heterocycles. The van der Waals surface area contributed by atoms with Gasteiger partial charge in [0, 0.05) is 24.5 Å². The fourth-order valence-corrected chi connectivity index (χ4v) is 2.50. The van der Waals surface area contributed by atoms with Crippen LogP contribution in [0.4, 0.5) is 5.82 Å². The molecule has 21 heavy (non-hydrogen) atoms. The number of fused-ring (bicyclic) bond motifs is 1. The van der Waals surface area contributed by atoms with E-state index in [1.807, 2.05) is 18.2 Å². The number of aromatic nitrogens is 1. The Morgan fingerprint density at radius 2 is 2.19 bits per heavy atom. The van der Waals surface area contributed by atoms with Gasteiger partial charge in [0.15, 0.2) is 0 Å². The molecule has 5 nitrogen and oxygen atoms in total. The summed E-state index contributed by atoms with van der Waals surface area (Å²) in [5.74, 6) is -0.136. The molecule has 1 aromatic heterocycles. The Morgan fingerprint density at radius 1 is 1.38 bits per heavy atom. The van der Waals surface area contributed by atoms with Crippen molar-refractivity contribution in [3.8, 4) is 0 Å². The van der Waals surface area contributed by atoms with Crippen LogP contribution in [0.5, 0.6) is 0 Å². The summed E-state index contributed by atoms with van der Waals surface area (Å²) < 4.78 is 0. The van der Waals surface area contributed by atoms with Crippen LogP contribution in [-0.4, -0.2) is 47.1 Å². The van der Waals surface area contributed by atoms with E-state index in [4.69, 9.17) is 5.11 Å². The molecule has 0 spiro atoms. The number of carboxylic acid groups (broad SMARTS) is 1. The number of nitrogens with one attached hydrogen (secondary N) is 1. The molecular formula is C16H19N3O2. The molecular weight excluding hydrogens is 266 g/mol. The number of nitrogens with zero attached hydrogens (tertiary/aromatic N) is 2. The Bertz CT molecular complexity index is 668. The molecule has 0 saturated heterocycles. The zero-order chi connectivity index (χ0) is 14.8. The second-order valence-electron chi connectivity index (χ2n) is 5.51. The molecule has 1 aliphatic carbocycles. The monoisotopic (exact) mass is 285 g/mol. The highest BCUT2D eigenvalue weighted by molar-refractivity contribution is 6.02. The molecule has 1 aliphatic rings. The summed E-state index contributed by atoms with van der Waals surface area (Å²) in [5.41, 5.74) is 0.996. The predicted molar refractivity (Wildman–Crippen MR) is 82.8 cm³/mol. The Morgan fingerprint density at radius 3 is 2.90 bits per heavy atom. The fourth-order valence-electron chi connectivity index (χ4n) is 2.50. The lowest BCUT2D eigenvalue weighted by atomic mass is 10.1. The number of hydrogen-bond donors (Lipinski definition) is 2. The summed E-state index contributed by atoms with van der Waals surface area (Å²) in [4.78, 5) is 18.0. The Labute approximate surface area is 123 Å². The van der Waals surface area contributed by atoms with Crippen LogP contribution < -0.4 is 5.32 Å². The SMILES string of the molecule is CN(CCNc1ccc2c(C(=O)O)cccc2n1)C1CC1. The van der Waals surface area contributed by atoms with E-state index in [2.05, 4.69) is 22.2 Å². The van der Waals surface area contributed by atoms with Gasteiger partial charge in [-0.3, -0.25) is 0 Å². The number of hydrogen-bond acceptors (Lipinski definition) is 4. The van der Waals surface area contributed by atoms with Crippen molar-refractivity contribution >= 4 is 22.7 Å². The summed E-state index contributed by atoms with van der Waals surface area (Å²) in [7, 11) is 2.15. The van der Waals surface area contributed by atoms with Crippen LogP contribution in [0.25, 0.3) is 10.9 Å². The molecule has 0 bridgehead atoms. The largest absolute Gasteiger partial charge is 0.478 e. The summed E-state index contributed by atoms with van der Waals surface area (Å²) in [6.45, 7) is 1.82. The summed E-state index contributed by atoms with van der Waals surface area (Å²) in [5, 5.41) is 13.1. The highest BCUT2D eigenvalue weighted by Crippen LogP contribution is 2.25. The van der Waals surface area contributed by atoms with Gasteiger partial charge in [0.1, 0.15) is 5.82 Å². The number of aromatic carboxylic acids is 1. The minimum atomic E-state index is -0.922. The average molecular weight is 285 g/mol. The van der Waals surface area contributed by atoms with Gasteiger partial charge in [-0.1, -0.05) is 6.07 Å². The van der Waals surface area contributed by atoms with Crippen molar-refractivity contribution in [1.29, 1.82) is 0 Å². The summed E-state index contributed by atoms with van der Waals surface area (Å²) in [6, 6.07) is 9.58. The van der Waals surface area contributed by atoms with E-state index >= 15 is 0 Å². The van der Waals surface area contributed by atoms with Crippen molar-refractivity contribution in [2.24, 2.45) is 0 Å². The third-order valence-corrected chi connectivity index (χ3v) is 3.90. The average Bonchev–Trinajstić information content (AvgIpc) is 3.30. The first-order chi connectivity index (χ1) is 10.1. The Hall–Kier alpha value is -2.14. The van der Waals surface area contributed by atoms with Crippen LogP contribution in [0.3, 0.4) is 0 Å². The molecule has 1 saturated carbocycles. The second kappa shape index (κ2) is 5.69. The van der Waals surface area contributed by atoms with Gasteiger partial charge < -0.3 is 15.3 Å². The third-order valence-electron chi connectivity index (χ3n) is 3.90. The molecule has 2 aromatic rings. The lowest BCUT2D eigenvalue weighted by molar-refractivity contribution is 0.0699. The van der Waals surface area contributed by atoms with Crippen molar-refractivity contribution in [2.45, 2.75) is 18.9 Å². The molecule has 1 fully saturated rings. The van der Waals surface area contributed by atoms with Crippen LogP contribution in [0.15, 0.2) is 30.3 Å². The molecule has 110 valence electrons. The number of benzene rings is 1. The van der Waals surface area contributed by atoms with Crippen molar-refractivity contribution < 1.29 is 9.90 Å². The maximum absolute atomic E-state index is 11.2. The van der Waals surface area contributed by atoms with Crippen molar-refractivity contribution in [2.75, 3.05) is 25.5 Å². The van der Waals surface area contributed by atoms with Crippen LogP contribution in [-0.2, 0) is 0 Å². The van der Waals surface area contributed by atoms with Gasteiger partial charge in [0.05, 0.1) is 11.1 Å². The zero-order valence-corrected chi connectivity index (χ0v) is 12.0. The molecule has 2 N–H and O–H groups in total. The second-order valence-corrected chi connectivity index (χ2v) is 5.51. The molecule has 1 aromatic carbocycles. The smallest absolute Gasteiger partial charge is 0.336 e. The van der Waals surface area contributed by atoms with E-state index in [0.717, 1.165) is 24.9 Å². The normalized spacial score (nSPS) is 14.6. The van der Waals surface area contributed by atoms with E-state index in [1.54, 1.807) is 12.1 Å². The van der Waals surface area contributed by atoms with Gasteiger partial charge in [0.2, 0.25) is 0 Å². The van der Waals surface area contributed by atoms with Crippen LogP contribution in [0, 0.1) is 0 Å². The molecule has 0 atom stereocenters. The van der Waals surface area contributed by atoms with E-state index in [9.17, 15) is 4.79 Å². The lowest BCUT2D eigenvalue weighted by Gasteiger charge is -2.16. The molecule has 0 amide bonds. The quantitative estimate of drug-likeness (QED) is 0.853. The first kappa shape index (κ1) is 13.8. The van der Waals surface area contributed by atoms with E-state index in [-0.39, 0.29) is 0 Å². The third kappa shape index (κ3) is 3.13. The highest BCUT2D eigenvalue weighted by Gasteiger charge is 2.25. The van der Waals surface area contributed by atoms with E-state index in [1.165, 1.54) is 12.8 Å². The zero-order valence-electron chi connectivity index (χ0n) is 12.0. The lowest BCUT2D eigenvalue weighted by Crippen LogP contribution is -2.27. The van der Waals surface area contributed by atoms with Crippen molar-refractivity contribution in [3.63, 3.8) is 0 Å². The number of anilines is 1. The standard InChI is InChI=1S/C16H19N3O2/c1-19(11-5-6-11)10-9-17-15-8-7-12-13(16(20)21)3-2-4-14(12)18-15/h2-4,7-8,11H,5-6,9-10H2,1H3,(H,17,18)(H,20,21). The maximum atomic E-state index is 11.2. The molecule has 0 radical (unpaired) electrons. The number of rotatable bonds is 6. The van der Waals surface area contributed by atoms with E-state index < -0.39 is 5.97 Å². The van der Waals surface area contributed by atoms with Crippen molar-refractivity contribution in [1.82, 2.24) is 9.88 Å². The number of carboxylic acids is 1. The Balaban J connectivity index is 1.70. The van der Waals surface area contributed by atoms with Gasteiger partial charge in [0.25, 0.3) is 0 Å². The maximum Gasteiger partial charge on any atom is 0.336 e. The van der Waals surface area contributed by atoms with Gasteiger partial charge >= 0.3 is 5.97 Å². The molecule has 1 heterocycles. The summed E-state index contributed by atoms with van der Waals surface area (Å²) >= 11 is 0. The minimum absolute atomic E-state index is 0.292. The van der Waals surface area contributed by atoms with Crippen LogP contribution in [0.2, 0.25) is 0 Å². The molecule has 0 unspecified atom stereocenters. The van der Waals surface area contributed by atoms with Crippen LogP contribution >= 0.6 is 0 Å². The first-order valence-electron chi connectivity index (χ1n) is 7.22. The Kier molecular flexibility index (Phi) is 3.75. The highest BCUT2D eigenvalue weighted by atomic mass is 16.4. The van der Waals surface area contributed by atoms with Gasteiger partial charge in [-0.05, 0) is 44.2 Å². The van der Waals surface area contributed by atoms with Crippen LogP contribution in [0.1, 0.15) is 23.2 Å². The number of carbonyl (C=O) groups is 1. The van der Waals surface area contributed by atoms with E-state index in [0.29, 0.717) is 16.5 Å². The minimum Gasteiger partial charge on any atom is -0.478 e. The molecule has 5 heteroatoms. The topological polar surface area (TPSA) is 65.5 Å². The van der Waals surface area contributed by atoms with Gasteiger partial charge in [-0.25, -0.2) is 9.78 Å². The number of likely N-dealkylation sites (N-methyl/N-ethyl adjacent to an activating group) is 1. The number of pyridine rings is 1. The fraction of sp³-hybridized carbons (Fsp3) is 0.375. The van der Waals surface area contributed by atoms with Gasteiger partial charge in [-0.15, -0.1) is 0 Å². The van der Waals surface area contributed by atoms with Crippen molar-refractivity contribution in [3.05, 3.63) is 35.9 Å². The summed E-state index contributed by atoms with van der Waals surface area (Å²) in [6.07, 6.45) is 2.62. The first-order valence-corrected chi connectivity index (χ1v) is 7.22. The predicted octanol–water partition coefficient (Wildman–Crippen LogP) is 2.44. The molecule has 3 rings (SSSR count).